The zero-order valence-electron chi connectivity index (χ0n) is 20.5. The maximum Gasteiger partial charge on any atom is 0.252 e. The van der Waals surface area contributed by atoms with Crippen LogP contribution in [0.1, 0.15) is 47.7 Å². The van der Waals surface area contributed by atoms with Crippen LogP contribution >= 0.6 is 0 Å². The summed E-state index contributed by atoms with van der Waals surface area (Å²) >= 11 is 0. The number of rotatable bonds is 7. The summed E-state index contributed by atoms with van der Waals surface area (Å²) in [5.41, 5.74) is 4.36. The average Bonchev–Trinajstić information content (AvgIpc) is 3.61. The van der Waals surface area contributed by atoms with Crippen molar-refractivity contribution in [1.29, 1.82) is 0 Å². The molecule has 1 saturated carbocycles. The molecule has 0 saturated heterocycles. The molecule has 2 aliphatic rings. The van der Waals surface area contributed by atoms with E-state index < -0.39 is 0 Å². The van der Waals surface area contributed by atoms with E-state index in [1.54, 1.807) is 13.2 Å². The van der Waals surface area contributed by atoms with Gasteiger partial charge in [-0.15, -0.1) is 0 Å². The minimum atomic E-state index is -0.349. The zero-order chi connectivity index (χ0) is 24.1. The molecule has 1 amide bonds. The lowest BCUT2D eigenvalue weighted by Crippen LogP contribution is -2.35. The number of fused-ring (bicyclic) bond motifs is 1. The first-order valence-electron chi connectivity index (χ1n) is 11.9. The van der Waals surface area contributed by atoms with Crippen molar-refractivity contribution in [3.63, 3.8) is 0 Å². The molecule has 1 aromatic heterocycles. The first kappa shape index (κ1) is 23.6. The average molecular weight is 459 g/mol. The number of hydrogen-bond donors (Lipinski definition) is 2. The van der Waals surface area contributed by atoms with E-state index in [1.807, 2.05) is 31.3 Å². The van der Waals surface area contributed by atoms with Crippen molar-refractivity contribution in [2.75, 3.05) is 32.6 Å². The van der Waals surface area contributed by atoms with Crippen molar-refractivity contribution >= 4 is 22.5 Å². The largest absolute Gasteiger partial charge is 0.497 e. The van der Waals surface area contributed by atoms with Crippen molar-refractivity contribution in [3.8, 4) is 5.75 Å². The summed E-state index contributed by atoms with van der Waals surface area (Å²) in [5.74, 6) is 0.619. The van der Waals surface area contributed by atoms with E-state index in [0.717, 1.165) is 60.1 Å². The van der Waals surface area contributed by atoms with Crippen LogP contribution in [-0.4, -0.2) is 43.0 Å². The third kappa shape index (κ3) is 5.16. The highest BCUT2D eigenvalue weighted by atomic mass is 16.5. The van der Waals surface area contributed by atoms with Crippen molar-refractivity contribution in [2.45, 2.75) is 38.6 Å². The summed E-state index contributed by atoms with van der Waals surface area (Å²) in [5, 5.41) is 7.88. The number of carbonyl (C=O) groups is 1. The predicted octanol–water partition coefficient (Wildman–Crippen LogP) is 5.24. The second-order valence-electron chi connectivity index (χ2n) is 9.06. The molecule has 1 fully saturated rings. The van der Waals surface area contributed by atoms with Crippen molar-refractivity contribution in [3.05, 3.63) is 77.6 Å². The summed E-state index contributed by atoms with van der Waals surface area (Å²) in [4.78, 5) is 19.8. The van der Waals surface area contributed by atoms with Crippen LogP contribution in [0.3, 0.4) is 0 Å². The van der Waals surface area contributed by atoms with Gasteiger partial charge < -0.3 is 20.3 Å². The fourth-order valence-corrected chi connectivity index (χ4v) is 4.11. The van der Waals surface area contributed by atoms with E-state index in [-0.39, 0.29) is 11.4 Å². The van der Waals surface area contributed by atoms with Gasteiger partial charge in [-0.1, -0.05) is 19.1 Å². The van der Waals surface area contributed by atoms with Gasteiger partial charge in [0.1, 0.15) is 5.75 Å². The van der Waals surface area contributed by atoms with Crippen LogP contribution in [0.25, 0.3) is 10.9 Å². The van der Waals surface area contributed by atoms with E-state index in [1.165, 1.54) is 0 Å². The highest BCUT2D eigenvalue weighted by Crippen LogP contribution is 2.49. The molecule has 0 atom stereocenters. The molecule has 2 N–H and O–H groups in total. The summed E-state index contributed by atoms with van der Waals surface area (Å²) in [6.07, 6.45) is 8.88. The third-order valence-corrected chi connectivity index (χ3v) is 6.36. The highest BCUT2D eigenvalue weighted by molar-refractivity contribution is 5.97. The summed E-state index contributed by atoms with van der Waals surface area (Å²) in [7, 11) is 3.67. The number of likely N-dealkylation sites (N-methyl/N-ethyl adjacent to an activating group) is 1. The van der Waals surface area contributed by atoms with Gasteiger partial charge in [0.25, 0.3) is 5.91 Å². The molecule has 0 radical (unpaired) electrons. The highest BCUT2D eigenvalue weighted by Gasteiger charge is 2.47. The van der Waals surface area contributed by atoms with Gasteiger partial charge in [0.05, 0.1) is 18.2 Å². The van der Waals surface area contributed by atoms with Crippen molar-refractivity contribution in [1.82, 2.24) is 15.2 Å². The first-order chi connectivity index (χ1) is 16.5. The molecule has 34 heavy (non-hydrogen) atoms. The third-order valence-electron chi connectivity index (χ3n) is 6.36. The quantitative estimate of drug-likeness (QED) is 0.507. The number of amides is 1. The molecule has 1 aliphatic heterocycles. The molecule has 6 heteroatoms. The maximum absolute atomic E-state index is 13.2. The van der Waals surface area contributed by atoms with Crippen LogP contribution in [0, 0.1) is 6.92 Å². The molecule has 3 aromatic rings. The number of aryl methyl sites for hydroxylation is 1. The summed E-state index contributed by atoms with van der Waals surface area (Å²) in [6.45, 7) is 6.13. The number of nitrogens with zero attached hydrogens (tertiary/aromatic N) is 2. The Hall–Kier alpha value is -3.54. The van der Waals surface area contributed by atoms with E-state index in [9.17, 15) is 4.79 Å². The lowest BCUT2D eigenvalue weighted by molar-refractivity contribution is 0.0930. The van der Waals surface area contributed by atoms with Crippen LogP contribution in [-0.2, 0) is 5.54 Å². The normalized spacial score (nSPS) is 15.1. The molecule has 0 spiro atoms. The van der Waals surface area contributed by atoms with Gasteiger partial charge in [-0.05, 0) is 79.9 Å². The predicted molar refractivity (Wildman–Crippen MR) is 138 cm³/mol. The lowest BCUT2D eigenvalue weighted by atomic mass is 9.97. The Morgan fingerprint density at radius 1 is 1.21 bits per heavy atom. The lowest BCUT2D eigenvalue weighted by Gasteiger charge is -2.22. The maximum atomic E-state index is 13.2. The van der Waals surface area contributed by atoms with Gasteiger partial charge in [0.15, 0.2) is 0 Å². The number of methoxy groups -OCH3 is 1. The second-order valence-corrected chi connectivity index (χ2v) is 9.06. The van der Waals surface area contributed by atoms with Gasteiger partial charge in [-0.2, -0.15) is 0 Å². The fraction of sp³-hybridized carbons (Fsp3) is 0.357. The van der Waals surface area contributed by atoms with Crippen molar-refractivity contribution in [2.24, 2.45) is 0 Å². The minimum absolute atomic E-state index is 0.0668. The zero-order valence-corrected chi connectivity index (χ0v) is 20.5. The summed E-state index contributed by atoms with van der Waals surface area (Å²) < 4.78 is 5.30. The molecular weight excluding hydrogens is 424 g/mol. The Kier molecular flexibility index (Phi) is 7.06. The molecule has 178 valence electrons. The van der Waals surface area contributed by atoms with Gasteiger partial charge in [0, 0.05) is 43.0 Å². The van der Waals surface area contributed by atoms with Gasteiger partial charge in [0.2, 0.25) is 0 Å². The number of anilines is 1. The van der Waals surface area contributed by atoms with Crippen molar-refractivity contribution < 1.29 is 9.53 Å². The Morgan fingerprint density at radius 2 is 1.97 bits per heavy atom. The smallest absolute Gasteiger partial charge is 0.252 e. The number of ether oxygens (including phenoxy) is 1. The van der Waals surface area contributed by atoms with Gasteiger partial charge >= 0.3 is 0 Å². The van der Waals surface area contributed by atoms with Crippen LogP contribution in [0.2, 0.25) is 0 Å². The first-order valence-corrected chi connectivity index (χ1v) is 11.9. The van der Waals surface area contributed by atoms with E-state index in [0.29, 0.717) is 11.3 Å². The molecule has 2 aromatic carbocycles. The summed E-state index contributed by atoms with van der Waals surface area (Å²) in [6, 6.07) is 13.9. The number of benzene rings is 2. The topological polar surface area (TPSA) is 66.5 Å². The number of nitrogens with one attached hydrogen (secondary N) is 2. The Bertz CT molecular complexity index is 1200. The fourth-order valence-electron chi connectivity index (χ4n) is 4.11. The Balaban J connectivity index is 0.000000486. The van der Waals surface area contributed by atoms with E-state index in [4.69, 9.17) is 4.74 Å². The van der Waals surface area contributed by atoms with Gasteiger partial charge in [-0.3, -0.25) is 9.78 Å². The molecule has 1 aliphatic carbocycles. The van der Waals surface area contributed by atoms with Crippen LogP contribution < -0.4 is 15.4 Å². The number of carbonyl (C=O) groups excluding carboxylic acids is 1. The SMILES string of the molecule is CCCNc1cc(C2(NC(=O)c3cc(OC)ccc3C)CC2)c2cccnc2c1.CN1C=CC1. The van der Waals surface area contributed by atoms with Crippen LogP contribution in [0.5, 0.6) is 5.75 Å². The molecule has 0 unspecified atom stereocenters. The number of aromatic nitrogens is 1. The van der Waals surface area contributed by atoms with E-state index in [2.05, 4.69) is 65.0 Å². The van der Waals surface area contributed by atoms with Gasteiger partial charge in [-0.25, -0.2) is 0 Å². The Labute approximate surface area is 202 Å². The van der Waals surface area contributed by atoms with E-state index >= 15 is 0 Å². The van der Waals surface area contributed by atoms with Crippen LogP contribution in [0.4, 0.5) is 5.69 Å². The molecule has 0 bridgehead atoms. The standard InChI is InChI=1S/C24H27N3O2.C4H7N/c1-4-11-25-17-13-21(19-6-5-12-26-22(19)14-17)24(9-10-24)27-23(28)20-15-18(29-3)8-7-16(20)2;1-5-3-2-4-5/h5-8,12-15,25H,4,9-11H2,1-3H3,(H,27,28);2-3H,4H2,1H3. The monoisotopic (exact) mass is 458 g/mol. The van der Waals surface area contributed by atoms with Crippen LogP contribution in [0.15, 0.2) is 60.9 Å². The second kappa shape index (κ2) is 10.2. The molecule has 6 nitrogen and oxygen atoms in total. The number of pyridine rings is 1. The molecule has 2 heterocycles. The Morgan fingerprint density at radius 3 is 2.59 bits per heavy atom. The molecule has 5 rings (SSSR count). The molecular formula is C28H34N4O2. The minimum Gasteiger partial charge on any atom is -0.497 e. The number of hydrogen-bond acceptors (Lipinski definition) is 5.